The van der Waals surface area contributed by atoms with Crippen LogP contribution in [0.25, 0.3) is 0 Å². The molecular formula is C7H10O. The SMILES string of the molecule is C=C/C=C(/C)C(C)=O. The standard InChI is InChI=1S/C7H10O/c1-4-5-6(2)7(3)8/h4-5H,1H2,2-3H3/b6-5-. The first-order valence-electron chi connectivity index (χ1n) is 2.48. The maximum atomic E-state index is 10.4. The van der Waals surface area contributed by atoms with Crippen LogP contribution in [-0.2, 0) is 4.79 Å². The third kappa shape index (κ3) is 2.35. The summed E-state index contributed by atoms with van der Waals surface area (Å²) in [5.41, 5.74) is 0.750. The molecule has 0 aromatic rings. The van der Waals surface area contributed by atoms with Crippen LogP contribution in [0.15, 0.2) is 24.3 Å². The van der Waals surface area contributed by atoms with Gasteiger partial charge in [-0.2, -0.15) is 0 Å². The Bertz CT molecular complexity index is 131. The zero-order valence-corrected chi connectivity index (χ0v) is 5.27. The predicted octanol–water partition coefficient (Wildman–Crippen LogP) is 1.71. The van der Waals surface area contributed by atoms with E-state index in [0.29, 0.717) is 0 Å². The predicted molar refractivity (Wildman–Crippen MR) is 34.6 cm³/mol. The second-order valence-corrected chi connectivity index (χ2v) is 1.64. The highest BCUT2D eigenvalue weighted by Crippen LogP contribution is 1.91. The van der Waals surface area contributed by atoms with Crippen molar-refractivity contribution in [1.82, 2.24) is 0 Å². The van der Waals surface area contributed by atoms with Gasteiger partial charge in [0.05, 0.1) is 0 Å². The number of allylic oxidation sites excluding steroid dienone is 3. The zero-order valence-electron chi connectivity index (χ0n) is 5.27. The van der Waals surface area contributed by atoms with Crippen molar-refractivity contribution in [3.63, 3.8) is 0 Å². The van der Waals surface area contributed by atoms with E-state index in [1.807, 2.05) is 0 Å². The molecule has 0 aromatic heterocycles. The third-order valence-corrected chi connectivity index (χ3v) is 0.923. The summed E-state index contributed by atoms with van der Waals surface area (Å²) in [5.74, 6) is 0.102. The molecule has 0 rings (SSSR count). The van der Waals surface area contributed by atoms with Gasteiger partial charge in [-0.15, -0.1) is 0 Å². The molecule has 0 radical (unpaired) electrons. The number of hydrogen-bond acceptors (Lipinski definition) is 1. The first-order chi connectivity index (χ1) is 3.68. The Kier molecular flexibility index (Phi) is 2.85. The molecule has 8 heavy (non-hydrogen) atoms. The number of carbonyl (C=O) groups excluding carboxylic acids is 1. The van der Waals surface area contributed by atoms with E-state index in [1.165, 1.54) is 6.92 Å². The topological polar surface area (TPSA) is 17.1 Å². The van der Waals surface area contributed by atoms with E-state index >= 15 is 0 Å². The summed E-state index contributed by atoms with van der Waals surface area (Å²) in [6, 6.07) is 0. The van der Waals surface area contributed by atoms with Gasteiger partial charge in [0, 0.05) is 0 Å². The summed E-state index contributed by atoms with van der Waals surface area (Å²) in [7, 11) is 0. The van der Waals surface area contributed by atoms with E-state index in [0.717, 1.165) is 5.57 Å². The van der Waals surface area contributed by atoms with E-state index in [1.54, 1.807) is 19.1 Å². The molecule has 44 valence electrons. The molecule has 0 unspecified atom stereocenters. The average molecular weight is 110 g/mol. The van der Waals surface area contributed by atoms with Crippen molar-refractivity contribution >= 4 is 5.78 Å². The van der Waals surface area contributed by atoms with Crippen molar-refractivity contribution < 1.29 is 4.79 Å². The third-order valence-electron chi connectivity index (χ3n) is 0.923. The molecule has 0 aliphatic carbocycles. The molecule has 0 saturated carbocycles. The van der Waals surface area contributed by atoms with Crippen LogP contribution < -0.4 is 0 Å². The second-order valence-electron chi connectivity index (χ2n) is 1.64. The van der Waals surface area contributed by atoms with Crippen LogP contribution in [0.2, 0.25) is 0 Å². The van der Waals surface area contributed by atoms with E-state index < -0.39 is 0 Å². The molecule has 0 N–H and O–H groups in total. The maximum Gasteiger partial charge on any atom is 0.155 e. The molecule has 0 spiro atoms. The molecule has 0 amide bonds. The Hall–Kier alpha value is -0.850. The van der Waals surface area contributed by atoms with E-state index in [2.05, 4.69) is 6.58 Å². The Morgan fingerprint density at radius 2 is 2.00 bits per heavy atom. The van der Waals surface area contributed by atoms with Gasteiger partial charge < -0.3 is 0 Å². The molecule has 0 fully saturated rings. The second kappa shape index (κ2) is 3.19. The van der Waals surface area contributed by atoms with Crippen LogP contribution in [-0.4, -0.2) is 5.78 Å². The Morgan fingerprint density at radius 3 is 2.12 bits per heavy atom. The van der Waals surface area contributed by atoms with E-state index in [9.17, 15) is 4.79 Å². The molecule has 1 heteroatoms. The van der Waals surface area contributed by atoms with E-state index in [-0.39, 0.29) is 5.78 Å². The monoisotopic (exact) mass is 110 g/mol. The van der Waals surface area contributed by atoms with Gasteiger partial charge in [-0.1, -0.05) is 18.7 Å². The molecule has 0 bridgehead atoms. The van der Waals surface area contributed by atoms with Crippen LogP contribution in [0.3, 0.4) is 0 Å². The van der Waals surface area contributed by atoms with Gasteiger partial charge in [0.2, 0.25) is 0 Å². The van der Waals surface area contributed by atoms with Crippen LogP contribution >= 0.6 is 0 Å². The lowest BCUT2D eigenvalue weighted by Gasteiger charge is -1.86. The number of carbonyl (C=O) groups is 1. The van der Waals surface area contributed by atoms with Gasteiger partial charge in [0.25, 0.3) is 0 Å². The average Bonchev–Trinajstić information content (AvgIpc) is 1.67. The number of hydrogen-bond donors (Lipinski definition) is 0. The van der Waals surface area contributed by atoms with Crippen molar-refractivity contribution in [3.8, 4) is 0 Å². The van der Waals surface area contributed by atoms with Gasteiger partial charge in [-0.25, -0.2) is 0 Å². The normalized spacial score (nSPS) is 11.0. The highest BCUT2D eigenvalue weighted by atomic mass is 16.1. The Morgan fingerprint density at radius 1 is 1.50 bits per heavy atom. The van der Waals surface area contributed by atoms with Crippen LogP contribution in [0.5, 0.6) is 0 Å². The summed E-state index contributed by atoms with van der Waals surface area (Å²) < 4.78 is 0. The molecule has 0 aliphatic heterocycles. The molecule has 0 heterocycles. The minimum atomic E-state index is 0.102. The zero-order chi connectivity index (χ0) is 6.57. The highest BCUT2D eigenvalue weighted by molar-refractivity contribution is 5.92. The molecule has 0 aromatic carbocycles. The lowest BCUT2D eigenvalue weighted by atomic mass is 10.2. The van der Waals surface area contributed by atoms with Crippen LogP contribution in [0, 0.1) is 0 Å². The lowest BCUT2D eigenvalue weighted by Crippen LogP contribution is -1.88. The fraction of sp³-hybridized carbons (Fsp3) is 0.286. The van der Waals surface area contributed by atoms with E-state index in [4.69, 9.17) is 0 Å². The van der Waals surface area contributed by atoms with Gasteiger partial charge >= 0.3 is 0 Å². The van der Waals surface area contributed by atoms with Crippen LogP contribution in [0.4, 0.5) is 0 Å². The molecule has 0 aliphatic rings. The summed E-state index contributed by atoms with van der Waals surface area (Å²) in [4.78, 5) is 10.4. The van der Waals surface area contributed by atoms with Crippen molar-refractivity contribution in [2.45, 2.75) is 13.8 Å². The van der Waals surface area contributed by atoms with Gasteiger partial charge in [0.1, 0.15) is 0 Å². The summed E-state index contributed by atoms with van der Waals surface area (Å²) in [5, 5.41) is 0. The Balaban J connectivity index is 3.99. The summed E-state index contributed by atoms with van der Waals surface area (Å²) in [6.45, 7) is 6.76. The lowest BCUT2D eigenvalue weighted by molar-refractivity contribution is -0.113. The first kappa shape index (κ1) is 7.15. The quantitative estimate of drug-likeness (QED) is 0.390. The van der Waals surface area contributed by atoms with Gasteiger partial charge in [-0.3, -0.25) is 4.79 Å². The van der Waals surface area contributed by atoms with Crippen molar-refractivity contribution in [2.24, 2.45) is 0 Å². The van der Waals surface area contributed by atoms with Crippen LogP contribution in [0.1, 0.15) is 13.8 Å². The first-order valence-corrected chi connectivity index (χ1v) is 2.48. The minimum absolute atomic E-state index is 0.102. The summed E-state index contributed by atoms with van der Waals surface area (Å²) >= 11 is 0. The molecular weight excluding hydrogens is 100 g/mol. The van der Waals surface area contributed by atoms with Gasteiger partial charge in [-0.05, 0) is 19.4 Å². The number of Topliss-reactive ketones (excluding diaryl/α,β-unsaturated/α-hetero) is 1. The fourth-order valence-electron chi connectivity index (χ4n) is 0.294. The molecule has 1 nitrogen and oxygen atoms in total. The largest absolute Gasteiger partial charge is 0.295 e. The van der Waals surface area contributed by atoms with Crippen molar-refractivity contribution in [3.05, 3.63) is 24.3 Å². The fourth-order valence-corrected chi connectivity index (χ4v) is 0.294. The summed E-state index contributed by atoms with van der Waals surface area (Å²) in [6.07, 6.45) is 3.30. The number of ketones is 1. The smallest absolute Gasteiger partial charge is 0.155 e. The Labute approximate surface area is 49.7 Å². The minimum Gasteiger partial charge on any atom is -0.295 e. The van der Waals surface area contributed by atoms with Crippen molar-refractivity contribution in [2.75, 3.05) is 0 Å². The molecule has 0 saturated heterocycles. The highest BCUT2D eigenvalue weighted by Gasteiger charge is 1.90. The maximum absolute atomic E-state index is 10.4. The number of rotatable bonds is 2. The molecule has 0 atom stereocenters. The van der Waals surface area contributed by atoms with Crippen molar-refractivity contribution in [1.29, 1.82) is 0 Å². The van der Waals surface area contributed by atoms with Gasteiger partial charge in [0.15, 0.2) is 5.78 Å².